The lowest BCUT2D eigenvalue weighted by Gasteiger charge is -2.08. The van der Waals surface area contributed by atoms with Gasteiger partial charge in [-0.2, -0.15) is 0 Å². The molecule has 0 heterocycles. The first kappa shape index (κ1) is 12.7. The minimum atomic E-state index is 0.573. The maximum absolute atomic E-state index is 10.8. The van der Waals surface area contributed by atoms with Crippen LogP contribution in [0.4, 0.5) is 0 Å². The largest absolute Gasteiger partial charge is 0.493 e. The van der Waals surface area contributed by atoms with E-state index in [1.54, 1.807) is 0 Å². The Balaban J connectivity index is 2.44. The third-order valence-corrected chi connectivity index (χ3v) is 2.19. The number of aryl methyl sites for hydroxylation is 1. The van der Waals surface area contributed by atoms with Crippen LogP contribution < -0.4 is 4.74 Å². The Labute approximate surface area is 96.4 Å². The SMILES string of the molecule is CCOCCCOc1ccc(C)cc1C=O. The summed E-state index contributed by atoms with van der Waals surface area (Å²) in [7, 11) is 0. The molecule has 0 aliphatic carbocycles. The number of hydrogen-bond acceptors (Lipinski definition) is 3. The molecule has 16 heavy (non-hydrogen) atoms. The number of carbonyl (C=O) groups excluding carboxylic acids is 1. The molecule has 0 spiro atoms. The predicted molar refractivity (Wildman–Crippen MR) is 63.2 cm³/mol. The molecule has 3 nitrogen and oxygen atoms in total. The lowest BCUT2D eigenvalue weighted by atomic mass is 10.1. The fraction of sp³-hybridized carbons (Fsp3) is 0.462. The molecule has 0 fully saturated rings. The number of carbonyl (C=O) groups is 1. The maximum Gasteiger partial charge on any atom is 0.153 e. The fourth-order valence-electron chi connectivity index (χ4n) is 1.38. The molecule has 1 aromatic rings. The molecular formula is C13H18O3. The van der Waals surface area contributed by atoms with Crippen molar-refractivity contribution in [1.82, 2.24) is 0 Å². The highest BCUT2D eigenvalue weighted by atomic mass is 16.5. The van der Waals surface area contributed by atoms with E-state index in [1.807, 2.05) is 32.0 Å². The number of hydrogen-bond donors (Lipinski definition) is 0. The number of benzene rings is 1. The smallest absolute Gasteiger partial charge is 0.153 e. The van der Waals surface area contributed by atoms with Crippen LogP contribution in [-0.4, -0.2) is 26.1 Å². The van der Waals surface area contributed by atoms with Gasteiger partial charge in [0.1, 0.15) is 5.75 Å². The Hall–Kier alpha value is -1.35. The van der Waals surface area contributed by atoms with Gasteiger partial charge in [0.15, 0.2) is 6.29 Å². The van der Waals surface area contributed by atoms with Crippen molar-refractivity contribution in [2.75, 3.05) is 19.8 Å². The molecule has 3 heteroatoms. The zero-order chi connectivity index (χ0) is 11.8. The monoisotopic (exact) mass is 222 g/mol. The summed E-state index contributed by atoms with van der Waals surface area (Å²) in [5.74, 6) is 0.650. The summed E-state index contributed by atoms with van der Waals surface area (Å²) in [4.78, 5) is 10.8. The van der Waals surface area contributed by atoms with Gasteiger partial charge in [0.05, 0.1) is 12.2 Å². The summed E-state index contributed by atoms with van der Waals surface area (Å²) < 4.78 is 10.7. The molecular weight excluding hydrogens is 204 g/mol. The molecule has 0 saturated heterocycles. The zero-order valence-corrected chi connectivity index (χ0v) is 9.86. The highest BCUT2D eigenvalue weighted by Crippen LogP contribution is 2.18. The molecule has 88 valence electrons. The molecule has 0 bridgehead atoms. The molecule has 1 aromatic carbocycles. The first-order valence-corrected chi connectivity index (χ1v) is 5.54. The van der Waals surface area contributed by atoms with Crippen LogP contribution in [0.1, 0.15) is 29.3 Å². The van der Waals surface area contributed by atoms with Crippen LogP contribution in [0.5, 0.6) is 5.75 Å². The summed E-state index contributed by atoms with van der Waals surface area (Å²) in [6, 6.07) is 5.59. The molecule has 0 saturated carbocycles. The first-order valence-electron chi connectivity index (χ1n) is 5.54. The number of aldehydes is 1. The Morgan fingerprint density at radius 1 is 1.31 bits per heavy atom. The second-order valence-corrected chi connectivity index (χ2v) is 3.56. The summed E-state index contributed by atoms with van der Waals surface area (Å²) in [6.45, 7) is 5.91. The van der Waals surface area contributed by atoms with Crippen LogP contribution in [0.2, 0.25) is 0 Å². The summed E-state index contributed by atoms with van der Waals surface area (Å²) in [5.41, 5.74) is 1.67. The summed E-state index contributed by atoms with van der Waals surface area (Å²) in [5, 5.41) is 0. The normalized spacial score (nSPS) is 10.1. The van der Waals surface area contributed by atoms with Crippen molar-refractivity contribution in [3.8, 4) is 5.75 Å². The van der Waals surface area contributed by atoms with Crippen LogP contribution >= 0.6 is 0 Å². The lowest BCUT2D eigenvalue weighted by Crippen LogP contribution is -2.04. The van der Waals surface area contributed by atoms with Crippen molar-refractivity contribution in [2.45, 2.75) is 20.3 Å². The van der Waals surface area contributed by atoms with Gasteiger partial charge < -0.3 is 9.47 Å². The van der Waals surface area contributed by atoms with Gasteiger partial charge in [0, 0.05) is 19.6 Å². The maximum atomic E-state index is 10.8. The van der Waals surface area contributed by atoms with Crippen LogP contribution in [0.25, 0.3) is 0 Å². The van der Waals surface area contributed by atoms with E-state index in [4.69, 9.17) is 9.47 Å². The highest BCUT2D eigenvalue weighted by Gasteiger charge is 2.02. The van der Waals surface area contributed by atoms with Gasteiger partial charge in [-0.1, -0.05) is 11.6 Å². The van der Waals surface area contributed by atoms with Gasteiger partial charge in [-0.25, -0.2) is 0 Å². The van der Waals surface area contributed by atoms with Crippen molar-refractivity contribution in [1.29, 1.82) is 0 Å². The van der Waals surface area contributed by atoms with Gasteiger partial charge in [-0.3, -0.25) is 4.79 Å². The van der Waals surface area contributed by atoms with Crippen molar-refractivity contribution in [3.05, 3.63) is 29.3 Å². The quantitative estimate of drug-likeness (QED) is 0.525. The summed E-state index contributed by atoms with van der Waals surface area (Å²) >= 11 is 0. The molecule has 0 aliphatic rings. The van der Waals surface area contributed by atoms with Gasteiger partial charge in [0.2, 0.25) is 0 Å². The molecule has 0 N–H and O–H groups in total. The molecule has 0 atom stereocenters. The topological polar surface area (TPSA) is 35.5 Å². The Morgan fingerprint density at radius 2 is 2.12 bits per heavy atom. The Kier molecular flexibility index (Phi) is 5.57. The van der Waals surface area contributed by atoms with Gasteiger partial charge in [-0.05, 0) is 26.0 Å². The van der Waals surface area contributed by atoms with Crippen LogP contribution in [0.3, 0.4) is 0 Å². The van der Waals surface area contributed by atoms with Crippen LogP contribution in [0.15, 0.2) is 18.2 Å². The fourth-order valence-corrected chi connectivity index (χ4v) is 1.38. The number of ether oxygens (including phenoxy) is 2. The second-order valence-electron chi connectivity index (χ2n) is 3.56. The summed E-state index contributed by atoms with van der Waals surface area (Å²) in [6.07, 6.45) is 1.66. The molecule has 0 amide bonds. The van der Waals surface area contributed by atoms with E-state index in [1.165, 1.54) is 0 Å². The average molecular weight is 222 g/mol. The van der Waals surface area contributed by atoms with Crippen LogP contribution in [-0.2, 0) is 4.74 Å². The van der Waals surface area contributed by atoms with E-state index < -0.39 is 0 Å². The predicted octanol–water partition coefficient (Wildman–Crippen LogP) is 2.61. The van der Waals surface area contributed by atoms with Gasteiger partial charge in [-0.15, -0.1) is 0 Å². The second kappa shape index (κ2) is 7.01. The Morgan fingerprint density at radius 3 is 2.81 bits per heavy atom. The van der Waals surface area contributed by atoms with Crippen LogP contribution in [0, 0.1) is 6.92 Å². The molecule has 0 unspecified atom stereocenters. The van der Waals surface area contributed by atoms with Crippen molar-refractivity contribution in [3.63, 3.8) is 0 Å². The minimum Gasteiger partial charge on any atom is -0.493 e. The van der Waals surface area contributed by atoms with Gasteiger partial charge in [0.25, 0.3) is 0 Å². The lowest BCUT2D eigenvalue weighted by molar-refractivity contribution is 0.111. The zero-order valence-electron chi connectivity index (χ0n) is 9.86. The van der Waals surface area contributed by atoms with E-state index in [2.05, 4.69) is 0 Å². The van der Waals surface area contributed by atoms with Crippen molar-refractivity contribution < 1.29 is 14.3 Å². The van der Waals surface area contributed by atoms with Crippen molar-refractivity contribution in [2.24, 2.45) is 0 Å². The third kappa shape index (κ3) is 4.03. The number of rotatable bonds is 7. The van der Waals surface area contributed by atoms with E-state index >= 15 is 0 Å². The third-order valence-electron chi connectivity index (χ3n) is 2.19. The standard InChI is InChI=1S/C13H18O3/c1-3-15-7-4-8-16-13-6-5-11(2)9-12(13)10-14/h5-6,9-10H,3-4,7-8H2,1-2H3. The molecule has 1 rings (SSSR count). The average Bonchev–Trinajstić information content (AvgIpc) is 2.30. The van der Waals surface area contributed by atoms with Gasteiger partial charge >= 0.3 is 0 Å². The molecule has 0 aromatic heterocycles. The van der Waals surface area contributed by atoms with E-state index in [0.29, 0.717) is 24.5 Å². The van der Waals surface area contributed by atoms with E-state index in [0.717, 1.165) is 24.9 Å². The first-order chi connectivity index (χ1) is 7.77. The Bertz CT molecular complexity index is 334. The van der Waals surface area contributed by atoms with E-state index in [-0.39, 0.29) is 0 Å². The molecule has 0 aliphatic heterocycles. The van der Waals surface area contributed by atoms with Crippen molar-refractivity contribution >= 4 is 6.29 Å². The molecule has 0 radical (unpaired) electrons. The minimum absolute atomic E-state index is 0.573. The highest BCUT2D eigenvalue weighted by molar-refractivity contribution is 5.79. The van der Waals surface area contributed by atoms with E-state index in [9.17, 15) is 4.79 Å².